The number of aryl methyl sites for hydroxylation is 1. The number of carbonyl (C=O) groups is 1. The predicted molar refractivity (Wildman–Crippen MR) is 108 cm³/mol. The number of thiophene rings is 1. The van der Waals surface area contributed by atoms with Crippen molar-refractivity contribution in [2.75, 3.05) is 31.1 Å². The van der Waals surface area contributed by atoms with Crippen LogP contribution in [0.5, 0.6) is 0 Å². The van der Waals surface area contributed by atoms with E-state index in [1.165, 1.54) is 4.88 Å². The van der Waals surface area contributed by atoms with Crippen molar-refractivity contribution in [3.8, 4) is 0 Å². The van der Waals surface area contributed by atoms with Gasteiger partial charge in [0.05, 0.1) is 17.6 Å². The summed E-state index contributed by atoms with van der Waals surface area (Å²) in [6.45, 7) is 9.43. The van der Waals surface area contributed by atoms with E-state index in [0.29, 0.717) is 19.0 Å². The highest BCUT2D eigenvalue weighted by Gasteiger charge is 2.33. The third kappa shape index (κ3) is 3.80. The lowest BCUT2D eigenvalue weighted by atomic mass is 9.94. The summed E-state index contributed by atoms with van der Waals surface area (Å²) in [6, 6.07) is 2.23. The Labute approximate surface area is 164 Å². The van der Waals surface area contributed by atoms with Crippen molar-refractivity contribution in [1.29, 1.82) is 0 Å². The molecule has 0 aliphatic carbocycles. The fourth-order valence-electron chi connectivity index (χ4n) is 4.27. The minimum Gasteiger partial charge on any atom is -0.372 e. The van der Waals surface area contributed by atoms with E-state index in [1.807, 2.05) is 18.7 Å². The molecular weight excluding hydrogens is 360 g/mol. The highest BCUT2D eigenvalue weighted by atomic mass is 32.1. The first-order chi connectivity index (χ1) is 13.0. The number of anilines is 1. The van der Waals surface area contributed by atoms with Crippen molar-refractivity contribution in [2.45, 2.75) is 52.2 Å². The molecule has 0 saturated carbocycles. The Kier molecular flexibility index (Phi) is 5.32. The molecule has 146 valence electrons. The zero-order chi connectivity index (χ0) is 19.0. The number of carbonyl (C=O) groups excluding carboxylic acids is 1. The van der Waals surface area contributed by atoms with Gasteiger partial charge in [-0.05, 0) is 39.2 Å². The van der Waals surface area contributed by atoms with Crippen LogP contribution in [0.2, 0.25) is 0 Å². The molecule has 27 heavy (non-hydrogen) atoms. The summed E-state index contributed by atoms with van der Waals surface area (Å²) in [6.07, 6.45) is 4.70. The van der Waals surface area contributed by atoms with Gasteiger partial charge in [0.2, 0.25) is 5.91 Å². The number of hydrogen-bond donors (Lipinski definition) is 0. The van der Waals surface area contributed by atoms with E-state index >= 15 is 0 Å². The molecule has 0 aromatic carbocycles. The molecule has 4 rings (SSSR count). The molecule has 7 heteroatoms. The molecular formula is C20H28N4O2S. The van der Waals surface area contributed by atoms with Gasteiger partial charge in [0, 0.05) is 37.0 Å². The number of amides is 1. The fourth-order valence-corrected chi connectivity index (χ4v) is 5.20. The Balaban J connectivity index is 1.43. The molecule has 0 radical (unpaired) electrons. The number of rotatable bonds is 3. The first-order valence-corrected chi connectivity index (χ1v) is 10.8. The predicted octanol–water partition coefficient (Wildman–Crippen LogP) is 3.11. The zero-order valence-electron chi connectivity index (χ0n) is 16.4. The van der Waals surface area contributed by atoms with Crippen molar-refractivity contribution in [3.63, 3.8) is 0 Å². The molecule has 2 aromatic rings. The molecule has 1 amide bonds. The quantitative estimate of drug-likeness (QED) is 0.809. The lowest BCUT2D eigenvalue weighted by molar-refractivity contribution is -0.148. The van der Waals surface area contributed by atoms with Crippen LogP contribution in [0.15, 0.2) is 12.4 Å². The van der Waals surface area contributed by atoms with E-state index in [-0.39, 0.29) is 18.1 Å². The Morgan fingerprint density at radius 1 is 1.22 bits per heavy atom. The third-order valence-corrected chi connectivity index (χ3v) is 6.77. The van der Waals surface area contributed by atoms with Crippen LogP contribution in [-0.4, -0.2) is 59.2 Å². The number of hydrogen-bond acceptors (Lipinski definition) is 6. The molecule has 0 bridgehead atoms. The maximum atomic E-state index is 13.0. The Morgan fingerprint density at radius 3 is 2.59 bits per heavy atom. The Hall–Kier alpha value is -1.73. The van der Waals surface area contributed by atoms with E-state index in [1.54, 1.807) is 17.7 Å². The van der Waals surface area contributed by atoms with Crippen LogP contribution in [-0.2, 0) is 16.0 Å². The zero-order valence-corrected chi connectivity index (χ0v) is 17.2. The van der Waals surface area contributed by atoms with Crippen LogP contribution in [0.3, 0.4) is 0 Å². The van der Waals surface area contributed by atoms with Crippen molar-refractivity contribution in [1.82, 2.24) is 14.9 Å². The van der Waals surface area contributed by atoms with E-state index in [9.17, 15) is 4.79 Å². The van der Waals surface area contributed by atoms with Gasteiger partial charge in [-0.15, -0.1) is 11.3 Å². The second-order valence-corrected chi connectivity index (χ2v) is 8.86. The van der Waals surface area contributed by atoms with Gasteiger partial charge >= 0.3 is 0 Å². The molecule has 2 aliphatic heterocycles. The largest absolute Gasteiger partial charge is 0.372 e. The minimum atomic E-state index is 0.116. The Morgan fingerprint density at radius 2 is 1.93 bits per heavy atom. The maximum Gasteiger partial charge on any atom is 0.225 e. The van der Waals surface area contributed by atoms with Crippen LogP contribution in [0.25, 0.3) is 10.2 Å². The summed E-state index contributed by atoms with van der Waals surface area (Å²) >= 11 is 1.75. The van der Waals surface area contributed by atoms with Crippen molar-refractivity contribution in [2.24, 2.45) is 5.92 Å². The lowest BCUT2D eigenvalue weighted by Crippen LogP contribution is -2.51. The van der Waals surface area contributed by atoms with E-state index in [0.717, 1.165) is 48.4 Å². The van der Waals surface area contributed by atoms with Crippen LogP contribution < -0.4 is 4.90 Å². The smallest absolute Gasteiger partial charge is 0.225 e. The van der Waals surface area contributed by atoms with Gasteiger partial charge in [0.15, 0.2) is 0 Å². The number of piperidine rings is 1. The number of morpholine rings is 1. The van der Waals surface area contributed by atoms with Crippen molar-refractivity contribution >= 4 is 33.3 Å². The Bertz CT molecular complexity index is 805. The molecule has 2 aliphatic rings. The summed E-state index contributed by atoms with van der Waals surface area (Å²) in [4.78, 5) is 28.7. The second kappa shape index (κ2) is 7.72. The third-order valence-electron chi connectivity index (χ3n) is 5.58. The molecule has 6 nitrogen and oxygen atoms in total. The normalized spacial score (nSPS) is 24.6. The number of aromatic nitrogens is 2. The van der Waals surface area contributed by atoms with Gasteiger partial charge in [-0.3, -0.25) is 4.79 Å². The molecule has 2 aromatic heterocycles. The first-order valence-electron chi connectivity index (χ1n) is 9.97. The van der Waals surface area contributed by atoms with Gasteiger partial charge in [-0.25, -0.2) is 9.97 Å². The summed E-state index contributed by atoms with van der Waals surface area (Å²) in [5.74, 6) is 1.44. The molecule has 2 atom stereocenters. The second-order valence-electron chi connectivity index (χ2n) is 7.74. The molecule has 0 spiro atoms. The summed E-state index contributed by atoms with van der Waals surface area (Å²) < 4.78 is 5.77. The average molecular weight is 389 g/mol. The average Bonchev–Trinajstić information content (AvgIpc) is 3.10. The van der Waals surface area contributed by atoms with Crippen LogP contribution in [0.4, 0.5) is 5.82 Å². The number of ether oxygens (including phenoxy) is 1. The van der Waals surface area contributed by atoms with E-state index in [2.05, 4.69) is 27.9 Å². The fraction of sp³-hybridized carbons (Fsp3) is 0.650. The summed E-state index contributed by atoms with van der Waals surface area (Å²) in [5, 5.41) is 1.15. The van der Waals surface area contributed by atoms with Gasteiger partial charge in [0.1, 0.15) is 17.0 Å². The van der Waals surface area contributed by atoms with Crippen LogP contribution in [0.1, 0.15) is 38.5 Å². The number of nitrogens with zero attached hydrogens (tertiary/aromatic N) is 4. The SMILES string of the molecule is CCc1cc2c(N3CCC(C(=O)N4CC(C)OC(C)C4)CC3)ncnc2s1. The van der Waals surface area contributed by atoms with Gasteiger partial charge < -0.3 is 14.5 Å². The molecule has 2 fully saturated rings. The standard InChI is InChI=1S/C20H28N4O2S/c1-4-16-9-17-18(21-12-22-19(17)27-16)23-7-5-15(6-8-23)20(25)24-10-13(2)26-14(3)11-24/h9,12-15H,4-8,10-11H2,1-3H3. The topological polar surface area (TPSA) is 58.6 Å². The maximum absolute atomic E-state index is 13.0. The van der Waals surface area contributed by atoms with Crippen molar-refractivity contribution < 1.29 is 9.53 Å². The summed E-state index contributed by atoms with van der Waals surface area (Å²) in [7, 11) is 0. The van der Waals surface area contributed by atoms with Gasteiger partial charge in [0.25, 0.3) is 0 Å². The van der Waals surface area contributed by atoms with Gasteiger partial charge in [-0.2, -0.15) is 0 Å². The van der Waals surface area contributed by atoms with E-state index < -0.39 is 0 Å². The van der Waals surface area contributed by atoms with Gasteiger partial charge in [-0.1, -0.05) is 6.92 Å². The van der Waals surface area contributed by atoms with Crippen LogP contribution in [0, 0.1) is 5.92 Å². The van der Waals surface area contributed by atoms with Crippen molar-refractivity contribution in [3.05, 3.63) is 17.3 Å². The molecule has 0 N–H and O–H groups in total. The lowest BCUT2D eigenvalue weighted by Gasteiger charge is -2.39. The minimum absolute atomic E-state index is 0.116. The molecule has 2 saturated heterocycles. The molecule has 2 unspecified atom stereocenters. The highest BCUT2D eigenvalue weighted by molar-refractivity contribution is 7.18. The van der Waals surface area contributed by atoms with E-state index in [4.69, 9.17) is 4.74 Å². The summed E-state index contributed by atoms with van der Waals surface area (Å²) in [5.41, 5.74) is 0. The van der Waals surface area contributed by atoms with Crippen LogP contribution >= 0.6 is 11.3 Å². The monoisotopic (exact) mass is 388 g/mol. The number of fused-ring (bicyclic) bond motifs is 1. The molecule has 4 heterocycles. The first kappa shape index (κ1) is 18.6. The highest BCUT2D eigenvalue weighted by Crippen LogP contribution is 2.33.